The zero-order chi connectivity index (χ0) is 12.3. The van der Waals surface area contributed by atoms with Crippen molar-refractivity contribution in [3.63, 3.8) is 0 Å². The molecule has 1 aromatic heterocycles. The van der Waals surface area contributed by atoms with Gasteiger partial charge in [-0.15, -0.1) is 0 Å². The second-order valence-corrected chi connectivity index (χ2v) is 3.79. The van der Waals surface area contributed by atoms with E-state index in [0.717, 1.165) is 29.2 Å². The van der Waals surface area contributed by atoms with Crippen molar-refractivity contribution in [1.82, 2.24) is 9.78 Å². The fourth-order valence-corrected chi connectivity index (χ4v) is 1.85. The molecule has 1 heterocycles. The molecule has 90 valence electrons. The summed E-state index contributed by atoms with van der Waals surface area (Å²) in [4.78, 5) is 0. The topological polar surface area (TPSA) is 39.1 Å². The fraction of sp³-hybridized carbons (Fsp3) is 0.308. The van der Waals surface area contributed by atoms with Crippen molar-refractivity contribution in [3.8, 4) is 17.0 Å². The van der Waals surface area contributed by atoms with Crippen LogP contribution in [0.25, 0.3) is 11.3 Å². The molecular weight excluding hydrogens is 214 g/mol. The first kappa shape index (κ1) is 11.5. The Morgan fingerprint density at radius 2 is 2.18 bits per heavy atom. The van der Waals surface area contributed by atoms with Gasteiger partial charge in [0.15, 0.2) is 5.75 Å². The first-order chi connectivity index (χ1) is 8.26. The molecule has 2 rings (SSSR count). The highest BCUT2D eigenvalue weighted by atomic mass is 16.5. The van der Waals surface area contributed by atoms with Gasteiger partial charge in [-0.05, 0) is 25.1 Å². The lowest BCUT2D eigenvalue weighted by Crippen LogP contribution is -2.00. The molecule has 0 atom stereocenters. The van der Waals surface area contributed by atoms with Gasteiger partial charge in [0, 0.05) is 25.4 Å². The van der Waals surface area contributed by atoms with E-state index in [0.29, 0.717) is 0 Å². The Kier molecular flexibility index (Phi) is 3.32. The molecule has 0 aliphatic carbocycles. The Bertz CT molecular complexity index is 505. The quantitative estimate of drug-likeness (QED) is 0.878. The molecule has 4 heteroatoms. The monoisotopic (exact) mass is 231 g/mol. The third-order valence-corrected chi connectivity index (χ3v) is 2.58. The number of methoxy groups -OCH3 is 1. The number of rotatable bonds is 4. The second-order valence-electron chi connectivity index (χ2n) is 3.79. The van der Waals surface area contributed by atoms with Crippen LogP contribution in [0.2, 0.25) is 0 Å². The van der Waals surface area contributed by atoms with E-state index in [1.165, 1.54) is 0 Å². The van der Waals surface area contributed by atoms with Crippen LogP contribution in [0.15, 0.2) is 30.5 Å². The minimum absolute atomic E-state index is 0.841. The SMILES string of the molecule is CCNc1cccc(-c2ccn(C)n2)c1OC. The molecule has 0 unspecified atom stereocenters. The summed E-state index contributed by atoms with van der Waals surface area (Å²) in [6.45, 7) is 2.93. The van der Waals surface area contributed by atoms with E-state index in [9.17, 15) is 0 Å². The van der Waals surface area contributed by atoms with Gasteiger partial charge in [0.25, 0.3) is 0 Å². The van der Waals surface area contributed by atoms with Crippen molar-refractivity contribution < 1.29 is 4.74 Å². The number of para-hydroxylation sites is 1. The molecule has 0 bridgehead atoms. The average molecular weight is 231 g/mol. The summed E-state index contributed by atoms with van der Waals surface area (Å²) in [6.07, 6.45) is 1.93. The van der Waals surface area contributed by atoms with Crippen molar-refractivity contribution >= 4 is 5.69 Å². The summed E-state index contributed by atoms with van der Waals surface area (Å²) in [5.74, 6) is 0.841. The highest BCUT2D eigenvalue weighted by Crippen LogP contribution is 2.35. The molecule has 0 spiro atoms. The highest BCUT2D eigenvalue weighted by molar-refractivity contribution is 5.76. The van der Waals surface area contributed by atoms with Crippen LogP contribution >= 0.6 is 0 Å². The van der Waals surface area contributed by atoms with Crippen molar-refractivity contribution in [2.75, 3.05) is 19.0 Å². The van der Waals surface area contributed by atoms with Crippen LogP contribution in [0.4, 0.5) is 5.69 Å². The lowest BCUT2D eigenvalue weighted by atomic mass is 10.1. The van der Waals surface area contributed by atoms with Crippen LogP contribution in [0.5, 0.6) is 5.75 Å². The smallest absolute Gasteiger partial charge is 0.151 e. The number of benzene rings is 1. The third kappa shape index (κ3) is 2.25. The normalized spacial score (nSPS) is 10.3. The lowest BCUT2D eigenvalue weighted by Gasteiger charge is -2.12. The summed E-state index contributed by atoms with van der Waals surface area (Å²) < 4.78 is 7.27. The van der Waals surface area contributed by atoms with Crippen molar-refractivity contribution in [2.45, 2.75) is 6.92 Å². The minimum atomic E-state index is 0.841. The van der Waals surface area contributed by atoms with Crippen LogP contribution in [0.3, 0.4) is 0 Å². The van der Waals surface area contributed by atoms with E-state index in [2.05, 4.69) is 17.3 Å². The fourth-order valence-electron chi connectivity index (χ4n) is 1.85. The predicted molar refractivity (Wildman–Crippen MR) is 69.4 cm³/mol. The summed E-state index contributed by atoms with van der Waals surface area (Å²) in [7, 11) is 3.59. The van der Waals surface area contributed by atoms with Gasteiger partial charge in [0.2, 0.25) is 0 Å². The van der Waals surface area contributed by atoms with Crippen LogP contribution < -0.4 is 10.1 Å². The molecular formula is C13H17N3O. The third-order valence-electron chi connectivity index (χ3n) is 2.58. The Balaban J connectivity index is 2.49. The lowest BCUT2D eigenvalue weighted by molar-refractivity contribution is 0.418. The van der Waals surface area contributed by atoms with E-state index in [1.807, 2.05) is 37.5 Å². The first-order valence-electron chi connectivity index (χ1n) is 5.67. The standard InChI is InChI=1S/C13H17N3O/c1-4-14-12-7-5-6-10(13(12)17-3)11-8-9-16(2)15-11/h5-9,14H,4H2,1-3H3. The molecule has 0 saturated carbocycles. The Morgan fingerprint density at radius 1 is 1.35 bits per heavy atom. The van der Waals surface area contributed by atoms with Crippen LogP contribution in [0.1, 0.15) is 6.92 Å². The Morgan fingerprint density at radius 3 is 2.76 bits per heavy atom. The average Bonchev–Trinajstić information content (AvgIpc) is 2.76. The Hall–Kier alpha value is -1.97. The molecule has 0 aliphatic heterocycles. The summed E-state index contributed by atoms with van der Waals surface area (Å²) in [5, 5.41) is 7.68. The van der Waals surface area contributed by atoms with Crippen LogP contribution in [-0.4, -0.2) is 23.4 Å². The van der Waals surface area contributed by atoms with E-state index in [1.54, 1.807) is 11.8 Å². The maximum atomic E-state index is 5.48. The summed E-state index contributed by atoms with van der Waals surface area (Å²) in [5.41, 5.74) is 2.92. The van der Waals surface area contributed by atoms with Gasteiger partial charge in [-0.3, -0.25) is 4.68 Å². The number of hydrogen-bond donors (Lipinski definition) is 1. The number of nitrogens with one attached hydrogen (secondary N) is 1. The van der Waals surface area contributed by atoms with Gasteiger partial charge in [0.05, 0.1) is 18.5 Å². The number of aromatic nitrogens is 2. The largest absolute Gasteiger partial charge is 0.494 e. The molecule has 0 amide bonds. The molecule has 1 aromatic carbocycles. The van der Waals surface area contributed by atoms with Gasteiger partial charge in [0.1, 0.15) is 0 Å². The molecule has 0 saturated heterocycles. The number of anilines is 1. The number of aryl methyl sites for hydroxylation is 1. The maximum Gasteiger partial charge on any atom is 0.151 e. The molecule has 0 radical (unpaired) electrons. The highest BCUT2D eigenvalue weighted by Gasteiger charge is 2.11. The van der Waals surface area contributed by atoms with E-state index < -0.39 is 0 Å². The first-order valence-corrected chi connectivity index (χ1v) is 5.67. The second kappa shape index (κ2) is 4.91. The summed E-state index contributed by atoms with van der Waals surface area (Å²) >= 11 is 0. The van der Waals surface area contributed by atoms with Gasteiger partial charge in [-0.25, -0.2) is 0 Å². The van der Waals surface area contributed by atoms with E-state index in [-0.39, 0.29) is 0 Å². The zero-order valence-electron chi connectivity index (χ0n) is 10.4. The van der Waals surface area contributed by atoms with Gasteiger partial charge < -0.3 is 10.1 Å². The predicted octanol–water partition coefficient (Wildman–Crippen LogP) is 2.53. The van der Waals surface area contributed by atoms with Crippen molar-refractivity contribution in [2.24, 2.45) is 7.05 Å². The van der Waals surface area contributed by atoms with Crippen LogP contribution in [-0.2, 0) is 7.05 Å². The van der Waals surface area contributed by atoms with E-state index >= 15 is 0 Å². The molecule has 1 N–H and O–H groups in total. The molecule has 2 aromatic rings. The van der Waals surface area contributed by atoms with Gasteiger partial charge in [-0.2, -0.15) is 5.10 Å². The van der Waals surface area contributed by atoms with Crippen LogP contribution in [0, 0.1) is 0 Å². The molecule has 0 aliphatic rings. The Labute approximate surface area is 101 Å². The number of ether oxygens (including phenoxy) is 1. The minimum Gasteiger partial charge on any atom is -0.494 e. The molecule has 0 fully saturated rings. The zero-order valence-corrected chi connectivity index (χ0v) is 10.4. The number of hydrogen-bond acceptors (Lipinski definition) is 3. The summed E-state index contributed by atoms with van der Waals surface area (Å²) in [6, 6.07) is 8.01. The molecule has 17 heavy (non-hydrogen) atoms. The number of nitrogens with zero attached hydrogens (tertiary/aromatic N) is 2. The van der Waals surface area contributed by atoms with Gasteiger partial charge >= 0.3 is 0 Å². The van der Waals surface area contributed by atoms with Crippen molar-refractivity contribution in [1.29, 1.82) is 0 Å². The maximum absolute atomic E-state index is 5.48. The van der Waals surface area contributed by atoms with E-state index in [4.69, 9.17) is 4.74 Å². The molecule has 4 nitrogen and oxygen atoms in total. The van der Waals surface area contributed by atoms with Gasteiger partial charge in [-0.1, -0.05) is 6.07 Å². The van der Waals surface area contributed by atoms with Crippen molar-refractivity contribution in [3.05, 3.63) is 30.5 Å².